The molecule has 19 nitrogen and oxygen atoms in total. The number of nitrogens with one attached hydrogen (secondary N) is 6. The van der Waals surface area contributed by atoms with Gasteiger partial charge >= 0.3 is 5.97 Å². The number of carboxylic acids is 1. The van der Waals surface area contributed by atoms with E-state index in [-0.39, 0.29) is 43.9 Å². The molecule has 12 N–H and O–H groups in total. The van der Waals surface area contributed by atoms with Gasteiger partial charge in [0, 0.05) is 37.6 Å². The van der Waals surface area contributed by atoms with Crippen LogP contribution in [0.3, 0.4) is 0 Å². The van der Waals surface area contributed by atoms with Crippen LogP contribution >= 0.6 is 0 Å². The van der Waals surface area contributed by atoms with Gasteiger partial charge in [-0.25, -0.2) is 9.78 Å². The lowest BCUT2D eigenvalue weighted by Crippen LogP contribution is -2.59. The van der Waals surface area contributed by atoms with Crippen molar-refractivity contribution < 1.29 is 48.6 Å². The Labute approximate surface area is 375 Å². The van der Waals surface area contributed by atoms with Crippen LogP contribution in [0.2, 0.25) is 0 Å². The fourth-order valence-electron chi connectivity index (χ4n) is 7.06. The van der Waals surface area contributed by atoms with E-state index in [1.807, 2.05) is 13.8 Å². The van der Waals surface area contributed by atoms with Crippen molar-refractivity contribution >= 4 is 47.3 Å². The van der Waals surface area contributed by atoms with Gasteiger partial charge in [-0.15, -0.1) is 0 Å². The van der Waals surface area contributed by atoms with Gasteiger partial charge in [0.15, 0.2) is 0 Å². The van der Waals surface area contributed by atoms with Crippen molar-refractivity contribution in [2.24, 2.45) is 17.4 Å². The third kappa shape index (κ3) is 23.0. The van der Waals surface area contributed by atoms with E-state index in [0.29, 0.717) is 24.1 Å². The summed E-state index contributed by atoms with van der Waals surface area (Å²) in [5.41, 5.74) is 12.1. The van der Waals surface area contributed by atoms with Crippen LogP contribution < -0.4 is 38.1 Å². The van der Waals surface area contributed by atoms with Gasteiger partial charge in [0.25, 0.3) is 0 Å². The van der Waals surface area contributed by atoms with E-state index in [2.05, 4.69) is 36.6 Å². The van der Waals surface area contributed by atoms with Crippen LogP contribution in [-0.4, -0.2) is 104 Å². The summed E-state index contributed by atoms with van der Waals surface area (Å²) in [4.78, 5) is 107. The summed E-state index contributed by atoms with van der Waals surface area (Å²) in [6, 6.07) is 2.86. The van der Waals surface area contributed by atoms with E-state index < -0.39 is 84.1 Å². The number of hydrogen-bond acceptors (Lipinski definition) is 10. The second-order valence-electron chi connectivity index (χ2n) is 16.8. The molecule has 1 aromatic carbocycles. The Hall–Kier alpha value is -5.85. The number of aliphatic carboxylic acids is 1. The van der Waals surface area contributed by atoms with Gasteiger partial charge in [0.1, 0.15) is 30.2 Å². The van der Waals surface area contributed by atoms with E-state index in [9.17, 15) is 48.6 Å². The number of aromatic nitrogens is 2. The fourth-order valence-corrected chi connectivity index (χ4v) is 7.06. The van der Waals surface area contributed by atoms with Crippen molar-refractivity contribution in [3.05, 3.63) is 54.1 Å². The molecule has 2 rings (SSSR count). The smallest absolute Gasteiger partial charge is 0.326 e. The highest BCUT2D eigenvalue weighted by Gasteiger charge is 2.32. The van der Waals surface area contributed by atoms with Crippen molar-refractivity contribution in [1.29, 1.82) is 0 Å². The Kier molecular flexibility index (Phi) is 25.7. The SMILES string of the molecule is CC(C)C[C@H](NC(=O)[C@@H](NC(=O)CCCCCCCCCCCCCCC(=O)N[C@@H](CC(N)=O)C(=O)N[C@@H](Cc1ccccc1)C(=O)O)[C@@H](C)O)C(=O)N[C@@H](Cc1cnc[nH]1)C(N)=O. The zero-order chi connectivity index (χ0) is 47.4. The number of nitrogens with two attached hydrogens (primary N) is 2. The Bertz CT molecular complexity index is 1760. The number of primary amides is 2. The van der Waals surface area contributed by atoms with Crippen molar-refractivity contribution in [3.63, 3.8) is 0 Å². The van der Waals surface area contributed by atoms with E-state index >= 15 is 0 Å². The van der Waals surface area contributed by atoms with Crippen LogP contribution in [-0.2, 0) is 51.2 Å². The average Bonchev–Trinajstić information content (AvgIpc) is 3.75. The number of carbonyl (C=O) groups excluding carboxylic acids is 7. The summed E-state index contributed by atoms with van der Waals surface area (Å²) in [7, 11) is 0. The lowest BCUT2D eigenvalue weighted by molar-refractivity contribution is -0.142. The van der Waals surface area contributed by atoms with E-state index in [4.69, 9.17) is 11.5 Å². The first-order valence-electron chi connectivity index (χ1n) is 22.5. The molecule has 0 aliphatic carbocycles. The Morgan fingerprint density at radius 1 is 0.625 bits per heavy atom. The number of aliphatic hydroxyl groups is 1. The minimum atomic E-state index is -1.29. The molecule has 7 amide bonds. The zero-order valence-electron chi connectivity index (χ0n) is 37.6. The van der Waals surface area contributed by atoms with Crippen LogP contribution in [0.1, 0.15) is 135 Å². The Morgan fingerprint density at radius 3 is 1.59 bits per heavy atom. The highest BCUT2D eigenvalue weighted by molar-refractivity contribution is 5.95. The van der Waals surface area contributed by atoms with E-state index in [0.717, 1.165) is 64.2 Å². The molecule has 356 valence electrons. The summed E-state index contributed by atoms with van der Waals surface area (Å²) in [5, 5.41) is 32.8. The van der Waals surface area contributed by atoms with Gasteiger partial charge in [-0.3, -0.25) is 33.6 Å². The number of hydrogen-bond donors (Lipinski definition) is 10. The van der Waals surface area contributed by atoms with Gasteiger partial charge in [0.2, 0.25) is 41.4 Å². The average molecular weight is 898 g/mol. The third-order valence-electron chi connectivity index (χ3n) is 10.6. The molecule has 0 saturated carbocycles. The van der Waals surface area contributed by atoms with Crippen molar-refractivity contribution in [1.82, 2.24) is 36.6 Å². The number of amides is 7. The summed E-state index contributed by atoms with van der Waals surface area (Å²) < 4.78 is 0. The molecule has 0 aliphatic heterocycles. The van der Waals surface area contributed by atoms with Gasteiger partial charge in [-0.2, -0.15) is 0 Å². The molecule has 0 saturated heterocycles. The summed E-state index contributed by atoms with van der Waals surface area (Å²) >= 11 is 0. The topological polar surface area (TPSA) is 318 Å². The number of H-pyrrole nitrogens is 1. The highest BCUT2D eigenvalue weighted by Crippen LogP contribution is 2.14. The van der Waals surface area contributed by atoms with Crippen LogP contribution in [0.5, 0.6) is 0 Å². The lowest BCUT2D eigenvalue weighted by atomic mass is 10.0. The summed E-state index contributed by atoms with van der Waals surface area (Å²) in [6.45, 7) is 5.11. The predicted octanol–water partition coefficient (Wildman–Crippen LogP) is 1.95. The van der Waals surface area contributed by atoms with Crippen molar-refractivity contribution in [2.45, 2.75) is 173 Å². The molecule has 0 bridgehead atoms. The Morgan fingerprint density at radius 2 is 1.12 bits per heavy atom. The van der Waals surface area contributed by atoms with Crippen molar-refractivity contribution in [2.75, 3.05) is 0 Å². The molecule has 0 radical (unpaired) electrons. The minimum Gasteiger partial charge on any atom is -0.480 e. The number of aromatic amines is 1. The van der Waals surface area contributed by atoms with Crippen LogP contribution in [0.25, 0.3) is 0 Å². The van der Waals surface area contributed by atoms with Gasteiger partial charge in [-0.1, -0.05) is 108 Å². The molecular weight excluding hydrogens is 827 g/mol. The summed E-state index contributed by atoms with van der Waals surface area (Å²) in [5.74, 6) is -5.75. The molecule has 2 aromatic rings. The third-order valence-corrected chi connectivity index (χ3v) is 10.6. The number of unbranched alkanes of at least 4 members (excludes halogenated alkanes) is 11. The van der Waals surface area contributed by atoms with Gasteiger partial charge in [0.05, 0.1) is 18.9 Å². The van der Waals surface area contributed by atoms with E-state index in [1.165, 1.54) is 19.4 Å². The number of carbonyl (C=O) groups is 8. The number of benzene rings is 1. The maximum atomic E-state index is 13.2. The molecule has 64 heavy (non-hydrogen) atoms. The predicted molar refractivity (Wildman–Crippen MR) is 239 cm³/mol. The number of aliphatic hydroxyl groups excluding tert-OH is 1. The maximum absolute atomic E-state index is 13.2. The molecule has 0 aliphatic rings. The van der Waals surface area contributed by atoms with Crippen molar-refractivity contribution in [3.8, 4) is 0 Å². The molecule has 1 aromatic heterocycles. The second-order valence-corrected chi connectivity index (χ2v) is 16.8. The molecule has 19 heteroatoms. The van der Waals surface area contributed by atoms with Crippen LogP contribution in [0, 0.1) is 5.92 Å². The standard InChI is InChI=1S/C45H71N9O10/c1-29(2)23-34(42(60)51-33(41(47)59)25-32-27-48-28-49-32)52-44(62)40(30(3)55)54-39(58)22-18-13-11-9-7-5-4-6-8-10-12-17-21-38(57)50-35(26-37(46)56)43(61)53-36(45(63)64)24-31-19-15-14-16-20-31/h14-16,19-20,27-30,33-36,40,55H,4-13,17-18,21-26H2,1-3H3,(H2,46,56)(H2,47,59)(H,48,49)(H,50,57)(H,51,60)(H,52,62)(H,53,61)(H,54,58)(H,63,64)/t30-,33+,34+,35+,36+,40+/m1/s1. The number of carboxylic acid groups (broad SMARTS) is 1. The van der Waals surface area contributed by atoms with Crippen LogP contribution in [0.15, 0.2) is 42.9 Å². The molecule has 0 unspecified atom stereocenters. The number of nitrogens with zero attached hydrogens (tertiary/aromatic N) is 1. The lowest BCUT2D eigenvalue weighted by Gasteiger charge is -2.26. The largest absolute Gasteiger partial charge is 0.480 e. The number of rotatable bonds is 34. The Balaban J connectivity index is 1.61. The fraction of sp³-hybridized carbons (Fsp3) is 0.622. The molecular formula is C45H71N9O10. The van der Waals surface area contributed by atoms with Gasteiger partial charge < -0.3 is 53.2 Å². The monoisotopic (exact) mass is 898 g/mol. The zero-order valence-corrected chi connectivity index (χ0v) is 37.6. The minimum absolute atomic E-state index is 0.0150. The van der Waals surface area contributed by atoms with E-state index in [1.54, 1.807) is 30.3 Å². The molecule has 0 spiro atoms. The second kappa shape index (κ2) is 30.3. The first kappa shape index (κ1) is 54.3. The highest BCUT2D eigenvalue weighted by atomic mass is 16.4. The molecule has 1 heterocycles. The summed E-state index contributed by atoms with van der Waals surface area (Å²) in [6.07, 6.45) is 13.0. The molecule has 0 fully saturated rings. The number of imidazole rings is 1. The maximum Gasteiger partial charge on any atom is 0.326 e. The first-order chi connectivity index (χ1) is 30.5. The van der Waals surface area contributed by atoms with Gasteiger partial charge in [-0.05, 0) is 37.7 Å². The van der Waals surface area contributed by atoms with Crippen LogP contribution in [0.4, 0.5) is 0 Å². The molecule has 6 atom stereocenters. The normalized spacial score (nSPS) is 14.0. The quantitative estimate of drug-likeness (QED) is 0.0453. The first-order valence-corrected chi connectivity index (χ1v) is 22.5.